The molecule has 0 atom stereocenters. The highest BCUT2D eigenvalue weighted by molar-refractivity contribution is 5.85. The summed E-state index contributed by atoms with van der Waals surface area (Å²) >= 11 is 0. The molecule has 4 heteroatoms. The number of primary amides is 1. The predicted molar refractivity (Wildman–Crippen MR) is 48.3 cm³/mol. The van der Waals surface area contributed by atoms with Gasteiger partial charge >= 0.3 is 0 Å². The summed E-state index contributed by atoms with van der Waals surface area (Å²) in [6, 6.07) is 0. The van der Waals surface area contributed by atoms with E-state index >= 15 is 0 Å². The van der Waals surface area contributed by atoms with Crippen molar-refractivity contribution in [2.45, 2.75) is 6.92 Å². The van der Waals surface area contributed by atoms with Gasteiger partial charge in [0.15, 0.2) is 0 Å². The maximum absolute atomic E-state index is 12.5. The molecule has 0 aromatic heterocycles. The van der Waals surface area contributed by atoms with E-state index in [0.717, 1.165) is 6.08 Å². The van der Waals surface area contributed by atoms with Crippen LogP contribution in [0, 0.1) is 0 Å². The summed E-state index contributed by atoms with van der Waals surface area (Å²) in [5, 5.41) is 0. The molecule has 0 aliphatic carbocycles. The Morgan fingerprint density at radius 2 is 1.92 bits per heavy atom. The van der Waals surface area contributed by atoms with Gasteiger partial charge in [-0.3, -0.25) is 4.79 Å². The van der Waals surface area contributed by atoms with Crippen molar-refractivity contribution in [3.8, 4) is 0 Å². The molecule has 3 nitrogen and oxygen atoms in total. The van der Waals surface area contributed by atoms with Crippen LogP contribution in [0.5, 0.6) is 0 Å². The normalized spacial score (nSPS) is 13.5. The molecule has 1 amide bonds. The standard InChI is InChI=1S/C9H12FNO2/c1-7(10)8(13-2)5-3-4-6-9(11)12/h3-6H,1-2H3,(H2,11,12)/b5-3-,6-4+,8-7-. The molecule has 72 valence electrons. The van der Waals surface area contributed by atoms with Crippen LogP contribution in [0.25, 0.3) is 0 Å². The Hall–Kier alpha value is -1.58. The molecule has 0 rings (SSSR count). The summed E-state index contributed by atoms with van der Waals surface area (Å²) in [7, 11) is 1.36. The maximum Gasteiger partial charge on any atom is 0.241 e. The number of carbonyl (C=O) groups excluding carboxylic acids is 1. The van der Waals surface area contributed by atoms with Gasteiger partial charge in [0.25, 0.3) is 0 Å². The van der Waals surface area contributed by atoms with Gasteiger partial charge in [0, 0.05) is 6.08 Å². The van der Waals surface area contributed by atoms with Crippen LogP contribution in [-0.2, 0) is 9.53 Å². The molecule has 0 aliphatic heterocycles. The Morgan fingerprint density at radius 3 is 2.31 bits per heavy atom. The molecule has 0 heterocycles. The molecule has 0 radical (unpaired) electrons. The molecule has 0 unspecified atom stereocenters. The number of amides is 1. The highest BCUT2D eigenvalue weighted by atomic mass is 19.1. The number of nitrogens with two attached hydrogens (primary N) is 1. The summed E-state index contributed by atoms with van der Waals surface area (Å²) in [5.74, 6) is -0.857. The zero-order valence-electron chi connectivity index (χ0n) is 7.58. The Labute approximate surface area is 76.4 Å². The first-order valence-electron chi connectivity index (χ1n) is 3.62. The Bertz CT molecular complexity index is 263. The molecule has 13 heavy (non-hydrogen) atoms. The van der Waals surface area contributed by atoms with Gasteiger partial charge in [-0.1, -0.05) is 12.2 Å². The summed E-state index contributed by atoms with van der Waals surface area (Å²) in [4.78, 5) is 10.2. The number of allylic oxidation sites excluding steroid dienone is 4. The minimum atomic E-state index is -0.551. The third-order valence-electron chi connectivity index (χ3n) is 1.18. The van der Waals surface area contributed by atoms with Gasteiger partial charge in [0.2, 0.25) is 5.91 Å². The fraction of sp³-hybridized carbons (Fsp3) is 0.222. The summed E-state index contributed by atoms with van der Waals surface area (Å²) in [6.07, 6.45) is 5.43. The zero-order chi connectivity index (χ0) is 10.3. The lowest BCUT2D eigenvalue weighted by Crippen LogP contribution is -2.04. The van der Waals surface area contributed by atoms with Gasteiger partial charge in [0.1, 0.15) is 11.6 Å². The third kappa shape index (κ3) is 5.66. The lowest BCUT2D eigenvalue weighted by molar-refractivity contribution is -0.113. The predicted octanol–water partition coefficient (Wildman–Crippen LogP) is 1.43. The van der Waals surface area contributed by atoms with E-state index < -0.39 is 11.7 Å². The highest BCUT2D eigenvalue weighted by Crippen LogP contribution is 2.06. The van der Waals surface area contributed by atoms with Gasteiger partial charge in [-0.2, -0.15) is 0 Å². The van der Waals surface area contributed by atoms with Crippen molar-refractivity contribution in [3.63, 3.8) is 0 Å². The van der Waals surface area contributed by atoms with Crippen LogP contribution in [0.1, 0.15) is 6.92 Å². The van der Waals surface area contributed by atoms with Crippen molar-refractivity contribution in [1.82, 2.24) is 0 Å². The molecule has 0 bridgehead atoms. The average Bonchev–Trinajstić information content (AvgIpc) is 2.03. The van der Waals surface area contributed by atoms with Gasteiger partial charge in [-0.25, -0.2) is 4.39 Å². The second-order valence-corrected chi connectivity index (χ2v) is 2.22. The van der Waals surface area contributed by atoms with Crippen molar-refractivity contribution >= 4 is 5.91 Å². The quantitative estimate of drug-likeness (QED) is 0.409. The number of halogens is 1. The molecule has 0 aliphatic rings. The summed E-state index contributed by atoms with van der Waals surface area (Å²) < 4.78 is 17.2. The van der Waals surface area contributed by atoms with Crippen LogP contribution < -0.4 is 5.73 Å². The topological polar surface area (TPSA) is 52.3 Å². The monoisotopic (exact) mass is 185 g/mol. The minimum Gasteiger partial charge on any atom is -0.494 e. The average molecular weight is 185 g/mol. The SMILES string of the molecule is COC(/C=C\C=C\C(N)=O)=C(/C)F. The van der Waals surface area contributed by atoms with Crippen LogP contribution in [0.3, 0.4) is 0 Å². The molecule has 0 spiro atoms. The van der Waals surface area contributed by atoms with Crippen molar-refractivity contribution in [3.05, 3.63) is 35.9 Å². The van der Waals surface area contributed by atoms with Crippen LogP contribution in [-0.4, -0.2) is 13.0 Å². The number of rotatable bonds is 4. The molecule has 0 aromatic carbocycles. The van der Waals surface area contributed by atoms with E-state index in [1.807, 2.05) is 0 Å². The first-order chi connectivity index (χ1) is 6.07. The number of ether oxygens (including phenoxy) is 1. The summed E-state index contributed by atoms with van der Waals surface area (Å²) in [5.41, 5.74) is 4.82. The number of carbonyl (C=O) groups is 1. The number of methoxy groups -OCH3 is 1. The van der Waals surface area contributed by atoms with Gasteiger partial charge in [-0.15, -0.1) is 0 Å². The van der Waals surface area contributed by atoms with Crippen LogP contribution in [0.2, 0.25) is 0 Å². The van der Waals surface area contributed by atoms with E-state index in [-0.39, 0.29) is 5.76 Å². The smallest absolute Gasteiger partial charge is 0.241 e. The maximum atomic E-state index is 12.5. The molecular formula is C9H12FNO2. The second kappa shape index (κ2) is 5.99. The molecular weight excluding hydrogens is 173 g/mol. The third-order valence-corrected chi connectivity index (χ3v) is 1.18. The first-order valence-corrected chi connectivity index (χ1v) is 3.62. The van der Waals surface area contributed by atoms with Crippen LogP contribution in [0.4, 0.5) is 4.39 Å². The van der Waals surface area contributed by atoms with E-state index in [9.17, 15) is 9.18 Å². The largest absolute Gasteiger partial charge is 0.494 e. The Kier molecular flexibility index (Phi) is 5.27. The first kappa shape index (κ1) is 11.4. The van der Waals surface area contributed by atoms with Crippen molar-refractivity contribution in [2.24, 2.45) is 5.73 Å². The number of hydrogen-bond donors (Lipinski definition) is 1. The molecule has 0 saturated heterocycles. The van der Waals surface area contributed by atoms with E-state index in [0.29, 0.717) is 0 Å². The van der Waals surface area contributed by atoms with Gasteiger partial charge in [0.05, 0.1) is 7.11 Å². The Morgan fingerprint density at radius 1 is 1.38 bits per heavy atom. The molecule has 0 fully saturated rings. The lowest BCUT2D eigenvalue weighted by atomic mass is 10.3. The van der Waals surface area contributed by atoms with Crippen molar-refractivity contribution in [2.75, 3.05) is 7.11 Å². The van der Waals surface area contributed by atoms with Crippen molar-refractivity contribution in [1.29, 1.82) is 0 Å². The molecule has 0 saturated carbocycles. The minimum absolute atomic E-state index is 0.120. The lowest BCUT2D eigenvalue weighted by Gasteiger charge is -1.98. The van der Waals surface area contributed by atoms with Crippen LogP contribution in [0.15, 0.2) is 35.9 Å². The Balaban J connectivity index is 4.26. The fourth-order valence-electron chi connectivity index (χ4n) is 0.617. The highest BCUT2D eigenvalue weighted by Gasteiger charge is 1.94. The van der Waals surface area contributed by atoms with Crippen molar-refractivity contribution < 1.29 is 13.9 Å². The van der Waals surface area contributed by atoms with E-state index in [4.69, 9.17) is 5.73 Å². The van der Waals surface area contributed by atoms with E-state index in [2.05, 4.69) is 4.74 Å². The second-order valence-electron chi connectivity index (χ2n) is 2.22. The van der Waals surface area contributed by atoms with Crippen LogP contribution >= 0.6 is 0 Å². The summed E-state index contributed by atoms with van der Waals surface area (Å²) in [6.45, 7) is 1.28. The van der Waals surface area contributed by atoms with E-state index in [1.54, 1.807) is 0 Å². The zero-order valence-corrected chi connectivity index (χ0v) is 7.58. The fourth-order valence-corrected chi connectivity index (χ4v) is 0.617. The van der Waals surface area contributed by atoms with Gasteiger partial charge < -0.3 is 10.5 Å². The molecule has 0 aromatic rings. The van der Waals surface area contributed by atoms with E-state index in [1.165, 1.54) is 32.3 Å². The van der Waals surface area contributed by atoms with Gasteiger partial charge in [-0.05, 0) is 13.0 Å². The molecule has 2 N–H and O–H groups in total. The number of hydrogen-bond acceptors (Lipinski definition) is 2.